The normalized spacial score (nSPS) is 10.7. The molecule has 1 aromatic heterocycles. The van der Waals surface area contributed by atoms with E-state index in [0.29, 0.717) is 22.7 Å². The summed E-state index contributed by atoms with van der Waals surface area (Å²) in [6.07, 6.45) is 0. The highest BCUT2D eigenvalue weighted by atomic mass is 79.9. The molecule has 0 bridgehead atoms. The number of carbonyl (C=O) groups excluding carboxylic acids is 1. The summed E-state index contributed by atoms with van der Waals surface area (Å²) in [5.74, 6) is 0.200. The lowest BCUT2D eigenvalue weighted by molar-refractivity contribution is 0.0966. The van der Waals surface area contributed by atoms with Crippen LogP contribution in [0.4, 0.5) is 5.69 Å². The molecule has 0 amide bonds. The van der Waals surface area contributed by atoms with Gasteiger partial charge in [-0.25, -0.2) is 4.68 Å². The van der Waals surface area contributed by atoms with Gasteiger partial charge < -0.3 is 10.2 Å². The van der Waals surface area contributed by atoms with Gasteiger partial charge in [-0.1, -0.05) is 40.2 Å². The summed E-state index contributed by atoms with van der Waals surface area (Å²) in [5.41, 5.74) is 7.67. The second kappa shape index (κ2) is 6.47. The van der Waals surface area contributed by atoms with E-state index < -0.39 is 0 Å². The lowest BCUT2D eigenvalue weighted by atomic mass is 10.1. The largest absolute Gasteiger partial charge is 0.409 e. The Morgan fingerprint density at radius 2 is 1.91 bits per heavy atom. The van der Waals surface area contributed by atoms with Crippen molar-refractivity contribution in [3.05, 3.63) is 63.4 Å². The van der Waals surface area contributed by atoms with Gasteiger partial charge in [-0.2, -0.15) is 0 Å². The van der Waals surface area contributed by atoms with Gasteiger partial charge in [0.2, 0.25) is 5.89 Å². The van der Waals surface area contributed by atoms with Crippen molar-refractivity contribution >= 4 is 39.6 Å². The highest BCUT2D eigenvalue weighted by Crippen LogP contribution is 2.24. The highest BCUT2D eigenvalue weighted by molar-refractivity contribution is 9.10. The van der Waals surface area contributed by atoms with Gasteiger partial charge in [-0.05, 0) is 36.5 Å². The molecule has 7 heteroatoms. The number of nitrogens with two attached hydrogens (primary N) is 1. The Morgan fingerprint density at radius 3 is 2.61 bits per heavy atom. The minimum atomic E-state index is -0.102. The number of anilines is 1. The van der Waals surface area contributed by atoms with E-state index in [2.05, 4.69) is 21.0 Å². The fourth-order valence-corrected chi connectivity index (χ4v) is 2.52. The van der Waals surface area contributed by atoms with Crippen molar-refractivity contribution in [2.24, 2.45) is 0 Å². The minimum absolute atomic E-state index is 0.0106. The molecule has 3 rings (SSSR count). The molecule has 1 heterocycles. The number of ketones is 1. The van der Waals surface area contributed by atoms with Gasteiger partial charge in [0, 0.05) is 15.7 Å². The zero-order valence-electron chi connectivity index (χ0n) is 11.9. The van der Waals surface area contributed by atoms with Gasteiger partial charge in [0.05, 0.1) is 5.56 Å². The van der Waals surface area contributed by atoms with Gasteiger partial charge >= 0.3 is 0 Å². The summed E-state index contributed by atoms with van der Waals surface area (Å²) in [5, 5.41) is 4.26. The number of carbonyl (C=O) groups is 1. The average Bonchev–Trinajstić information content (AvgIpc) is 2.89. The maximum Gasteiger partial charge on any atom is 0.287 e. The predicted octanol–water partition coefficient (Wildman–Crippen LogP) is 4.10. The van der Waals surface area contributed by atoms with Crippen molar-refractivity contribution in [3.63, 3.8) is 0 Å². The smallest absolute Gasteiger partial charge is 0.287 e. The van der Waals surface area contributed by atoms with Crippen LogP contribution in [0.3, 0.4) is 0 Å². The lowest BCUT2D eigenvalue weighted by Gasteiger charge is -2.01. The predicted molar refractivity (Wildman–Crippen MR) is 93.6 cm³/mol. The van der Waals surface area contributed by atoms with E-state index in [-0.39, 0.29) is 17.2 Å². The average molecular weight is 390 g/mol. The van der Waals surface area contributed by atoms with Crippen LogP contribution in [0.25, 0.3) is 11.5 Å². The van der Waals surface area contributed by atoms with Crippen LogP contribution < -0.4 is 5.73 Å². The molecule has 23 heavy (non-hydrogen) atoms. The maximum absolute atomic E-state index is 12.3. The number of Topliss-reactive ketones (excluding diaryl/α,β-unsaturated/α-hetero) is 1. The first-order chi connectivity index (χ1) is 11.0. The maximum atomic E-state index is 12.3. The lowest BCUT2D eigenvalue weighted by Crippen LogP contribution is -2.11. The Morgan fingerprint density at radius 1 is 1.22 bits per heavy atom. The number of aromatic nitrogens is 2. The third kappa shape index (κ3) is 3.40. The Kier molecular flexibility index (Phi) is 4.40. The molecule has 0 aliphatic heterocycles. The van der Waals surface area contributed by atoms with Crippen molar-refractivity contribution < 1.29 is 9.21 Å². The Hall–Kier alpha value is -2.25. The quantitative estimate of drug-likeness (QED) is 0.413. The van der Waals surface area contributed by atoms with Crippen LogP contribution in [0.15, 0.2) is 57.4 Å². The molecule has 0 unspecified atom stereocenters. The van der Waals surface area contributed by atoms with Crippen LogP contribution in [0.1, 0.15) is 10.4 Å². The molecule has 0 aliphatic carbocycles. The molecule has 0 atom stereocenters. The number of para-hydroxylation sites is 1. The number of nitrogen functional groups attached to an aromatic ring is 1. The van der Waals surface area contributed by atoms with Gasteiger partial charge in [-0.3, -0.25) is 4.79 Å². The molecule has 0 saturated carbocycles. The molecule has 0 spiro atoms. The number of benzene rings is 2. The standard InChI is InChI=1S/C16H12BrN3O2S/c17-11-7-5-10(6-8-11)14(21)9-20-16(23)22-15(19-20)12-3-1-2-4-13(12)18/h1-8H,9,18H2. The SMILES string of the molecule is Nc1ccccc1-c1nn(CC(=O)c2ccc(Br)cc2)c(=S)o1. The van der Waals surface area contributed by atoms with Crippen molar-refractivity contribution in [1.82, 2.24) is 9.78 Å². The van der Waals surface area contributed by atoms with Crippen molar-refractivity contribution in [2.45, 2.75) is 6.54 Å². The number of hydrogen-bond donors (Lipinski definition) is 1. The Labute approximate surface area is 145 Å². The van der Waals surface area contributed by atoms with Crippen LogP contribution in [0.2, 0.25) is 0 Å². The van der Waals surface area contributed by atoms with Crippen molar-refractivity contribution in [3.8, 4) is 11.5 Å². The molecular weight excluding hydrogens is 378 g/mol. The van der Waals surface area contributed by atoms with E-state index in [1.165, 1.54) is 4.68 Å². The molecule has 5 nitrogen and oxygen atoms in total. The van der Waals surface area contributed by atoms with Crippen molar-refractivity contribution in [1.29, 1.82) is 0 Å². The molecule has 2 aromatic carbocycles. The van der Waals surface area contributed by atoms with E-state index >= 15 is 0 Å². The van der Waals surface area contributed by atoms with E-state index in [1.807, 2.05) is 24.3 Å². The minimum Gasteiger partial charge on any atom is -0.409 e. The fourth-order valence-electron chi connectivity index (χ4n) is 2.07. The van der Waals surface area contributed by atoms with E-state index in [9.17, 15) is 4.79 Å². The molecule has 0 aliphatic rings. The third-order valence-electron chi connectivity index (χ3n) is 3.26. The summed E-state index contributed by atoms with van der Waals surface area (Å²) in [6, 6.07) is 14.3. The number of hydrogen-bond acceptors (Lipinski definition) is 5. The van der Waals surface area contributed by atoms with Crippen molar-refractivity contribution in [2.75, 3.05) is 5.73 Å². The van der Waals surface area contributed by atoms with Gasteiger partial charge in [0.1, 0.15) is 6.54 Å². The van der Waals surface area contributed by atoms with Crippen LogP contribution in [-0.4, -0.2) is 15.6 Å². The van der Waals surface area contributed by atoms with Crippen LogP contribution in [0.5, 0.6) is 0 Å². The molecule has 0 radical (unpaired) electrons. The van der Waals surface area contributed by atoms with E-state index in [1.54, 1.807) is 24.3 Å². The second-order valence-corrected chi connectivity index (χ2v) is 6.11. The monoisotopic (exact) mass is 389 g/mol. The Bertz CT molecular complexity index is 916. The van der Waals surface area contributed by atoms with Crippen LogP contribution in [0, 0.1) is 4.84 Å². The first kappa shape index (κ1) is 15.6. The highest BCUT2D eigenvalue weighted by Gasteiger charge is 2.14. The molecule has 0 fully saturated rings. The molecule has 3 aromatic rings. The summed E-state index contributed by atoms with van der Waals surface area (Å²) in [7, 11) is 0. The first-order valence-electron chi connectivity index (χ1n) is 6.76. The fraction of sp³-hybridized carbons (Fsp3) is 0.0625. The van der Waals surface area contributed by atoms with E-state index in [4.69, 9.17) is 22.4 Å². The molecule has 116 valence electrons. The zero-order valence-corrected chi connectivity index (χ0v) is 14.3. The topological polar surface area (TPSA) is 74.0 Å². The summed E-state index contributed by atoms with van der Waals surface area (Å²) >= 11 is 8.48. The number of halogens is 1. The van der Waals surface area contributed by atoms with Gasteiger partial charge in [0.15, 0.2) is 5.78 Å². The molecular formula is C16H12BrN3O2S. The van der Waals surface area contributed by atoms with Crippen LogP contribution >= 0.6 is 28.1 Å². The first-order valence-corrected chi connectivity index (χ1v) is 7.96. The number of nitrogens with zero attached hydrogens (tertiary/aromatic N) is 2. The zero-order chi connectivity index (χ0) is 16.4. The summed E-state index contributed by atoms with van der Waals surface area (Å²) in [6.45, 7) is 0.0106. The van der Waals surface area contributed by atoms with Gasteiger partial charge in [0.25, 0.3) is 4.84 Å². The molecule has 2 N–H and O–H groups in total. The van der Waals surface area contributed by atoms with Gasteiger partial charge in [-0.15, -0.1) is 5.10 Å². The second-order valence-electron chi connectivity index (χ2n) is 4.85. The Balaban J connectivity index is 1.87. The van der Waals surface area contributed by atoms with Crippen LogP contribution in [-0.2, 0) is 6.54 Å². The molecule has 0 saturated heterocycles. The number of rotatable bonds is 4. The summed E-state index contributed by atoms with van der Waals surface area (Å²) in [4.78, 5) is 12.4. The summed E-state index contributed by atoms with van der Waals surface area (Å²) < 4.78 is 7.74. The van der Waals surface area contributed by atoms with E-state index in [0.717, 1.165) is 4.47 Å². The third-order valence-corrected chi connectivity index (χ3v) is 4.08.